The van der Waals surface area contributed by atoms with Crippen LogP contribution in [0.25, 0.3) is 0 Å². The molecule has 2 aromatic heterocycles. The van der Waals surface area contributed by atoms with Crippen molar-refractivity contribution in [1.29, 1.82) is 0 Å². The van der Waals surface area contributed by atoms with E-state index in [-0.39, 0.29) is 24.3 Å². The summed E-state index contributed by atoms with van der Waals surface area (Å²) in [4.78, 5) is 25.7. The molecule has 1 atom stereocenters. The highest BCUT2D eigenvalue weighted by atomic mass is 19.4. The van der Waals surface area contributed by atoms with Crippen LogP contribution in [-0.2, 0) is 6.18 Å². The Labute approximate surface area is 159 Å². The summed E-state index contributed by atoms with van der Waals surface area (Å²) in [6.07, 6.45) is -1.33. The molecular weight excluding hydrogens is 377 g/mol. The van der Waals surface area contributed by atoms with Gasteiger partial charge in [0, 0.05) is 18.9 Å². The number of carbonyl (C=O) groups is 1. The van der Waals surface area contributed by atoms with Gasteiger partial charge in [0.15, 0.2) is 5.69 Å². The molecule has 28 heavy (non-hydrogen) atoms. The maximum atomic E-state index is 12.8. The molecule has 0 spiro atoms. The van der Waals surface area contributed by atoms with Gasteiger partial charge in [0.25, 0.3) is 5.91 Å². The highest BCUT2D eigenvalue weighted by Gasteiger charge is 2.34. The number of rotatable bonds is 5. The molecule has 1 saturated heterocycles. The molecule has 0 saturated carbocycles. The van der Waals surface area contributed by atoms with Crippen LogP contribution in [0.2, 0.25) is 0 Å². The van der Waals surface area contributed by atoms with Crippen molar-refractivity contribution in [3.63, 3.8) is 0 Å². The van der Waals surface area contributed by atoms with Gasteiger partial charge in [-0.05, 0) is 38.0 Å². The molecule has 0 radical (unpaired) electrons. The third-order valence-electron chi connectivity index (χ3n) is 4.14. The van der Waals surface area contributed by atoms with Gasteiger partial charge in [0.05, 0.1) is 13.2 Å². The lowest BCUT2D eigenvalue weighted by atomic mass is 10.1. The average molecular weight is 396 g/mol. The second-order valence-electron chi connectivity index (χ2n) is 6.14. The van der Waals surface area contributed by atoms with E-state index < -0.39 is 18.0 Å². The molecule has 1 unspecified atom stereocenters. The smallest absolute Gasteiger partial charge is 0.433 e. The molecule has 1 aliphatic heterocycles. The SMILES string of the molecule is CCOc1ncccc1C(=O)N1CCCC(Oc2nccc(C(F)(F)F)n2)C1. The van der Waals surface area contributed by atoms with Crippen LogP contribution in [0.4, 0.5) is 13.2 Å². The number of hydrogen-bond donors (Lipinski definition) is 0. The van der Waals surface area contributed by atoms with Crippen molar-refractivity contribution >= 4 is 5.91 Å². The molecule has 10 heteroatoms. The Bertz CT molecular complexity index is 832. The summed E-state index contributed by atoms with van der Waals surface area (Å²) < 4.78 is 49.3. The lowest BCUT2D eigenvalue weighted by molar-refractivity contribution is -0.141. The van der Waals surface area contributed by atoms with Gasteiger partial charge in [-0.15, -0.1) is 0 Å². The monoisotopic (exact) mass is 396 g/mol. The van der Waals surface area contributed by atoms with Crippen LogP contribution in [0.1, 0.15) is 35.8 Å². The minimum absolute atomic E-state index is 0.207. The van der Waals surface area contributed by atoms with E-state index in [4.69, 9.17) is 9.47 Å². The Morgan fingerprint density at radius 2 is 2.11 bits per heavy atom. The number of piperidine rings is 1. The first kappa shape index (κ1) is 19.8. The number of carbonyl (C=O) groups excluding carboxylic acids is 1. The number of hydrogen-bond acceptors (Lipinski definition) is 6. The molecular formula is C18H19F3N4O3. The van der Waals surface area contributed by atoms with E-state index in [9.17, 15) is 18.0 Å². The number of likely N-dealkylation sites (tertiary alicyclic amines) is 1. The van der Waals surface area contributed by atoms with Crippen LogP contribution in [0.5, 0.6) is 11.9 Å². The maximum Gasteiger partial charge on any atom is 0.433 e. The van der Waals surface area contributed by atoms with Crippen LogP contribution in [0.15, 0.2) is 30.6 Å². The van der Waals surface area contributed by atoms with Crippen LogP contribution in [0.3, 0.4) is 0 Å². The third-order valence-corrected chi connectivity index (χ3v) is 4.14. The lowest BCUT2D eigenvalue weighted by Gasteiger charge is -2.32. The van der Waals surface area contributed by atoms with Crippen molar-refractivity contribution in [2.75, 3.05) is 19.7 Å². The van der Waals surface area contributed by atoms with Crippen molar-refractivity contribution in [3.05, 3.63) is 41.9 Å². The van der Waals surface area contributed by atoms with E-state index in [1.165, 1.54) is 6.20 Å². The topological polar surface area (TPSA) is 77.4 Å². The fourth-order valence-electron chi connectivity index (χ4n) is 2.90. The Hall–Kier alpha value is -2.91. The van der Waals surface area contributed by atoms with Gasteiger partial charge in [-0.1, -0.05) is 0 Å². The van der Waals surface area contributed by atoms with Crippen molar-refractivity contribution in [3.8, 4) is 11.9 Å². The minimum Gasteiger partial charge on any atom is -0.477 e. The Morgan fingerprint density at radius 3 is 2.86 bits per heavy atom. The summed E-state index contributed by atoms with van der Waals surface area (Å²) in [6.45, 7) is 2.88. The number of aromatic nitrogens is 3. The van der Waals surface area contributed by atoms with Gasteiger partial charge >= 0.3 is 12.2 Å². The number of halogens is 3. The molecule has 1 amide bonds. The van der Waals surface area contributed by atoms with Gasteiger partial charge < -0.3 is 14.4 Å². The largest absolute Gasteiger partial charge is 0.477 e. The van der Waals surface area contributed by atoms with E-state index in [1.54, 1.807) is 24.0 Å². The quantitative estimate of drug-likeness (QED) is 0.773. The van der Waals surface area contributed by atoms with Crippen molar-refractivity contribution in [1.82, 2.24) is 19.9 Å². The Balaban J connectivity index is 1.70. The van der Waals surface area contributed by atoms with Crippen molar-refractivity contribution in [2.45, 2.75) is 32.0 Å². The van der Waals surface area contributed by atoms with E-state index in [0.29, 0.717) is 31.6 Å². The zero-order valence-electron chi connectivity index (χ0n) is 15.1. The normalized spacial score (nSPS) is 17.3. The van der Waals surface area contributed by atoms with Crippen LogP contribution in [-0.4, -0.2) is 51.6 Å². The van der Waals surface area contributed by atoms with Crippen LogP contribution < -0.4 is 9.47 Å². The van der Waals surface area contributed by atoms with E-state index in [1.807, 2.05) is 0 Å². The molecule has 150 valence electrons. The minimum atomic E-state index is -4.58. The summed E-state index contributed by atoms with van der Waals surface area (Å²) in [5.74, 6) is -0.0194. The fourth-order valence-corrected chi connectivity index (χ4v) is 2.90. The van der Waals surface area contributed by atoms with Gasteiger partial charge in [-0.25, -0.2) is 9.97 Å². The zero-order chi connectivity index (χ0) is 20.1. The van der Waals surface area contributed by atoms with Gasteiger partial charge in [-0.3, -0.25) is 4.79 Å². The molecule has 0 aromatic carbocycles. The molecule has 1 fully saturated rings. The standard InChI is InChI=1S/C18H19F3N4O3/c1-2-27-15-13(6-3-8-22-15)16(26)25-10-4-5-12(11-25)28-17-23-9-7-14(24-17)18(19,20)21/h3,6-9,12H,2,4-5,10-11H2,1H3. The first-order valence-electron chi connectivity index (χ1n) is 8.82. The highest BCUT2D eigenvalue weighted by molar-refractivity contribution is 5.96. The van der Waals surface area contributed by atoms with Gasteiger partial charge in [0.2, 0.25) is 5.88 Å². The molecule has 0 bridgehead atoms. The molecule has 2 aromatic rings. The number of alkyl halides is 3. The molecule has 3 rings (SSSR count). The van der Waals surface area contributed by atoms with E-state index in [0.717, 1.165) is 12.3 Å². The second kappa shape index (κ2) is 8.41. The van der Waals surface area contributed by atoms with Gasteiger partial charge in [-0.2, -0.15) is 18.2 Å². The first-order valence-corrected chi connectivity index (χ1v) is 8.82. The number of amides is 1. The summed E-state index contributed by atoms with van der Waals surface area (Å²) in [5.41, 5.74) is -0.738. The zero-order valence-corrected chi connectivity index (χ0v) is 15.1. The fraction of sp³-hybridized carbons (Fsp3) is 0.444. The summed E-state index contributed by atoms with van der Waals surface area (Å²) in [7, 11) is 0. The first-order chi connectivity index (χ1) is 13.4. The molecule has 3 heterocycles. The van der Waals surface area contributed by atoms with Crippen molar-refractivity contribution < 1.29 is 27.4 Å². The van der Waals surface area contributed by atoms with Crippen LogP contribution in [0, 0.1) is 0 Å². The molecule has 0 N–H and O–H groups in total. The summed E-state index contributed by atoms with van der Waals surface area (Å²) in [5, 5.41) is 0. The molecule has 0 aliphatic carbocycles. The van der Waals surface area contributed by atoms with Crippen LogP contribution >= 0.6 is 0 Å². The molecule has 1 aliphatic rings. The number of ether oxygens (including phenoxy) is 2. The third kappa shape index (κ3) is 4.68. The summed E-state index contributed by atoms with van der Waals surface area (Å²) >= 11 is 0. The Morgan fingerprint density at radius 1 is 1.29 bits per heavy atom. The number of pyridine rings is 1. The average Bonchev–Trinajstić information content (AvgIpc) is 2.68. The van der Waals surface area contributed by atoms with E-state index >= 15 is 0 Å². The predicted octanol–water partition coefficient (Wildman–Crippen LogP) is 2.97. The maximum absolute atomic E-state index is 12.8. The highest BCUT2D eigenvalue weighted by Crippen LogP contribution is 2.28. The van der Waals surface area contributed by atoms with E-state index in [2.05, 4.69) is 15.0 Å². The lowest BCUT2D eigenvalue weighted by Crippen LogP contribution is -2.44. The summed E-state index contributed by atoms with van der Waals surface area (Å²) in [6, 6.07) is 3.69. The second-order valence-corrected chi connectivity index (χ2v) is 6.14. The van der Waals surface area contributed by atoms with Crippen molar-refractivity contribution in [2.24, 2.45) is 0 Å². The number of nitrogens with zero attached hydrogens (tertiary/aromatic N) is 4. The van der Waals surface area contributed by atoms with Gasteiger partial charge in [0.1, 0.15) is 11.7 Å². The molecule has 7 nitrogen and oxygen atoms in total. The predicted molar refractivity (Wildman–Crippen MR) is 92.0 cm³/mol. The Kier molecular flexibility index (Phi) is 5.96.